The molecule has 3 amide bonds. The molecule has 52 heavy (non-hydrogen) atoms. The number of alkyl halides is 1. The molecule has 0 saturated carbocycles. The normalized spacial score (nSPS) is 25.2. The van der Waals surface area contributed by atoms with Gasteiger partial charge in [0.1, 0.15) is 30.4 Å². The molecule has 0 aliphatic carbocycles. The van der Waals surface area contributed by atoms with Gasteiger partial charge in [-0.1, -0.05) is 75.8 Å². The van der Waals surface area contributed by atoms with Gasteiger partial charge in [-0.25, -0.2) is 4.68 Å². The van der Waals surface area contributed by atoms with Crippen molar-refractivity contribution < 1.29 is 33.8 Å². The van der Waals surface area contributed by atoms with Gasteiger partial charge < -0.3 is 29.7 Å². The average molecular weight is 778 g/mol. The van der Waals surface area contributed by atoms with Gasteiger partial charge in [0.25, 0.3) is 0 Å². The molecule has 6 rings (SSSR count). The Labute approximate surface area is 311 Å². The van der Waals surface area contributed by atoms with Crippen molar-refractivity contribution in [3.05, 3.63) is 85.5 Å². The summed E-state index contributed by atoms with van der Waals surface area (Å²) in [6.07, 6.45) is 5.33. The predicted octanol–water partition coefficient (Wildman–Crippen LogP) is 3.68. The van der Waals surface area contributed by atoms with Crippen LogP contribution in [0.15, 0.2) is 79.9 Å². The Morgan fingerprint density at radius 1 is 1.12 bits per heavy atom. The summed E-state index contributed by atoms with van der Waals surface area (Å²) in [5, 5.41) is 21.0. The molecule has 3 aliphatic rings. The van der Waals surface area contributed by atoms with Crippen LogP contribution in [-0.2, 0) is 35.3 Å². The van der Waals surface area contributed by atoms with Crippen LogP contribution in [0.3, 0.4) is 0 Å². The van der Waals surface area contributed by atoms with E-state index >= 15 is 0 Å². The average Bonchev–Trinajstić information content (AvgIpc) is 3.87. The number of likely N-dealkylation sites (tertiary alicyclic amines) is 1. The predicted molar refractivity (Wildman–Crippen MR) is 196 cm³/mol. The van der Waals surface area contributed by atoms with E-state index in [9.17, 15) is 24.3 Å². The van der Waals surface area contributed by atoms with Crippen LogP contribution < -0.4 is 5.32 Å². The molecule has 2 aromatic carbocycles. The maximum Gasteiger partial charge on any atom is 0.306 e. The molecule has 13 nitrogen and oxygen atoms in total. The zero-order valence-corrected chi connectivity index (χ0v) is 30.6. The first-order valence-corrected chi connectivity index (χ1v) is 18.7. The van der Waals surface area contributed by atoms with Gasteiger partial charge in [-0.15, -0.1) is 18.3 Å². The lowest BCUT2D eigenvalue weighted by molar-refractivity contribution is -0.149. The quantitative estimate of drug-likeness (QED) is 0.0852. The van der Waals surface area contributed by atoms with Crippen molar-refractivity contribution in [2.45, 2.75) is 73.8 Å². The number of carbonyl (C=O) groups excluding carboxylic acids is 4. The zero-order valence-electron chi connectivity index (χ0n) is 29.0. The number of aromatic nitrogens is 3. The van der Waals surface area contributed by atoms with Crippen molar-refractivity contribution >= 4 is 50.7 Å². The second-order valence-electron chi connectivity index (χ2n) is 13.5. The number of amides is 3. The van der Waals surface area contributed by atoms with Crippen LogP contribution in [-0.4, -0.2) is 102 Å². The number of hydrogen-bond donors (Lipinski definition) is 2. The summed E-state index contributed by atoms with van der Waals surface area (Å²) in [4.78, 5) is 59.2. The molecule has 3 fully saturated rings. The second kappa shape index (κ2) is 16.5. The summed E-state index contributed by atoms with van der Waals surface area (Å²) in [6, 6.07) is 14.9. The minimum absolute atomic E-state index is 0.0201. The number of ether oxygens (including phenoxy) is 2. The Morgan fingerprint density at radius 2 is 1.88 bits per heavy atom. The molecule has 4 heterocycles. The summed E-state index contributed by atoms with van der Waals surface area (Å²) in [6.45, 7) is 7.95. The number of rotatable bonds is 18. The van der Waals surface area contributed by atoms with Gasteiger partial charge in [-0.05, 0) is 49.8 Å². The van der Waals surface area contributed by atoms with Gasteiger partial charge in [0, 0.05) is 30.9 Å². The van der Waals surface area contributed by atoms with E-state index in [2.05, 4.69) is 44.7 Å². The Bertz CT molecular complexity index is 1790. The van der Waals surface area contributed by atoms with Gasteiger partial charge in [-0.3, -0.25) is 19.2 Å². The largest absolute Gasteiger partial charge is 0.463 e. The SMILES string of the molecule is C=CCCC(=O)OC[C@@H](NC(=O)[C@@H]1[C@H]2O[C@@]3(CC2Br)[C@H](C(=O)N(CC=C)Cn2nnc4ccccc42)N(CCCCCO)C(=O)[C@@H]13)c1ccccc1. The number of fused-ring (bicyclic) bond motifs is 2. The molecule has 14 heteroatoms. The topological polar surface area (TPSA) is 156 Å². The van der Waals surface area contributed by atoms with Crippen LogP contribution in [0.1, 0.15) is 50.1 Å². The smallest absolute Gasteiger partial charge is 0.306 e. The Hall–Kier alpha value is -4.40. The molecule has 0 radical (unpaired) electrons. The van der Waals surface area contributed by atoms with Crippen LogP contribution in [0.25, 0.3) is 11.0 Å². The lowest BCUT2D eigenvalue weighted by atomic mass is 9.70. The fraction of sp³-hybridized carbons (Fsp3) is 0.474. The van der Waals surface area contributed by atoms with E-state index in [1.807, 2.05) is 54.6 Å². The maximum absolute atomic E-state index is 14.9. The number of halogens is 1. The molecule has 1 spiro atoms. The molecule has 1 unspecified atom stereocenters. The fourth-order valence-electron chi connectivity index (χ4n) is 7.89. The minimum atomic E-state index is -1.28. The third-order valence-electron chi connectivity index (χ3n) is 10.3. The van der Waals surface area contributed by atoms with E-state index in [0.717, 1.165) is 11.1 Å². The molecule has 2 bridgehead atoms. The zero-order chi connectivity index (χ0) is 36.8. The van der Waals surface area contributed by atoms with E-state index in [1.165, 1.54) is 0 Å². The van der Waals surface area contributed by atoms with Crippen LogP contribution in [0, 0.1) is 11.8 Å². The Morgan fingerprint density at radius 3 is 2.63 bits per heavy atom. The molecular formula is C38H45BrN6O7. The number of nitrogens with one attached hydrogen (secondary N) is 1. The molecule has 3 saturated heterocycles. The van der Waals surface area contributed by atoms with Crippen LogP contribution >= 0.6 is 15.9 Å². The highest BCUT2D eigenvalue weighted by molar-refractivity contribution is 9.09. The number of allylic oxidation sites excluding steroid dienone is 1. The number of benzene rings is 2. The van der Waals surface area contributed by atoms with Gasteiger partial charge in [0.05, 0.1) is 29.5 Å². The number of hydrogen-bond acceptors (Lipinski definition) is 9. The standard InChI is InChI=1S/C38H45BrN6O7/c1-3-5-18-30(47)51-23-28(25-14-8-6-9-15-25)40-35(48)31-32-36(49)44(20-12-7-13-21-46)34(38(32)22-26(39)33(31)52-38)37(50)43(19-4-2)24-45-29-17-11-10-16-27(29)41-42-45/h3-4,6,8-11,14-17,26,28,31-34,46H,1-2,5,7,12-13,18-24H2,(H,40,48)/t26?,28-,31+,32-,33+,34+,38-/m1/s1. The lowest BCUT2D eigenvalue weighted by Crippen LogP contribution is -2.57. The second-order valence-corrected chi connectivity index (χ2v) is 14.7. The first-order chi connectivity index (χ1) is 25.2. The summed E-state index contributed by atoms with van der Waals surface area (Å²) in [7, 11) is 0. The van der Waals surface area contributed by atoms with Crippen molar-refractivity contribution in [1.82, 2.24) is 30.1 Å². The Kier molecular flexibility index (Phi) is 11.9. The summed E-state index contributed by atoms with van der Waals surface area (Å²) in [5.74, 6) is -3.34. The third-order valence-corrected chi connectivity index (χ3v) is 11.1. The number of esters is 1. The first-order valence-electron chi connectivity index (χ1n) is 17.8. The monoisotopic (exact) mass is 776 g/mol. The number of nitrogens with zero attached hydrogens (tertiary/aromatic N) is 5. The highest BCUT2D eigenvalue weighted by Crippen LogP contribution is 2.60. The van der Waals surface area contributed by atoms with Crippen molar-refractivity contribution in [3.63, 3.8) is 0 Å². The number of carbonyl (C=O) groups is 4. The minimum Gasteiger partial charge on any atom is -0.463 e. The molecule has 1 aromatic heterocycles. The van der Waals surface area contributed by atoms with E-state index in [4.69, 9.17) is 9.47 Å². The van der Waals surface area contributed by atoms with Crippen molar-refractivity contribution in [2.75, 3.05) is 26.3 Å². The van der Waals surface area contributed by atoms with E-state index < -0.39 is 47.5 Å². The highest BCUT2D eigenvalue weighted by atomic mass is 79.9. The molecule has 276 valence electrons. The molecule has 3 aromatic rings. The van der Waals surface area contributed by atoms with Gasteiger partial charge in [-0.2, -0.15) is 0 Å². The van der Waals surface area contributed by atoms with Crippen LogP contribution in [0.5, 0.6) is 0 Å². The number of aliphatic hydroxyl groups is 1. The highest BCUT2D eigenvalue weighted by Gasteiger charge is 2.76. The summed E-state index contributed by atoms with van der Waals surface area (Å²) < 4.78 is 13.9. The summed E-state index contributed by atoms with van der Waals surface area (Å²) in [5.41, 5.74) is 0.884. The van der Waals surface area contributed by atoms with Crippen molar-refractivity contribution in [1.29, 1.82) is 0 Å². The number of aliphatic hydroxyl groups excluding tert-OH is 1. The van der Waals surface area contributed by atoms with E-state index in [1.54, 1.807) is 26.6 Å². The molecule has 3 aliphatic heterocycles. The molecule has 2 N–H and O–H groups in total. The van der Waals surface area contributed by atoms with Gasteiger partial charge in [0.15, 0.2) is 0 Å². The molecule has 7 atom stereocenters. The van der Waals surface area contributed by atoms with Crippen LogP contribution in [0.4, 0.5) is 0 Å². The van der Waals surface area contributed by atoms with Gasteiger partial charge >= 0.3 is 5.97 Å². The van der Waals surface area contributed by atoms with Crippen LogP contribution in [0.2, 0.25) is 0 Å². The lowest BCUT2D eigenvalue weighted by Gasteiger charge is -2.37. The number of unbranched alkanes of at least 4 members (excludes halogenated alkanes) is 2. The maximum atomic E-state index is 14.9. The fourth-order valence-corrected chi connectivity index (χ4v) is 8.84. The van der Waals surface area contributed by atoms with Crippen molar-refractivity contribution in [2.24, 2.45) is 11.8 Å². The van der Waals surface area contributed by atoms with E-state index in [-0.39, 0.29) is 56.0 Å². The molecular weight excluding hydrogens is 732 g/mol. The van der Waals surface area contributed by atoms with Crippen molar-refractivity contribution in [3.8, 4) is 0 Å². The number of para-hydroxylation sites is 1. The van der Waals surface area contributed by atoms with Gasteiger partial charge in [0.2, 0.25) is 17.7 Å². The third kappa shape index (κ3) is 7.28. The first kappa shape index (κ1) is 37.4. The van der Waals surface area contributed by atoms with E-state index in [0.29, 0.717) is 37.6 Å². The Balaban J connectivity index is 1.31. The summed E-state index contributed by atoms with van der Waals surface area (Å²) >= 11 is 3.75.